The van der Waals surface area contributed by atoms with E-state index in [1.165, 1.54) is 6.20 Å². The highest BCUT2D eigenvalue weighted by Gasteiger charge is 2.08. The van der Waals surface area contributed by atoms with Gasteiger partial charge in [0.1, 0.15) is 12.0 Å². The predicted molar refractivity (Wildman–Crippen MR) is 76.7 cm³/mol. The van der Waals surface area contributed by atoms with E-state index in [-0.39, 0.29) is 5.91 Å². The summed E-state index contributed by atoms with van der Waals surface area (Å²) < 4.78 is 4.75. The van der Waals surface area contributed by atoms with Crippen LogP contribution in [-0.2, 0) is 6.42 Å². The molecule has 2 heterocycles. The van der Waals surface area contributed by atoms with Crippen LogP contribution in [0.15, 0.2) is 47.4 Å². The fraction of sp³-hybridized carbons (Fsp3) is 0.200. The Morgan fingerprint density at radius 1 is 1.19 bits per heavy atom. The number of nitrogens with zero attached hydrogens (tertiary/aromatic N) is 3. The van der Waals surface area contributed by atoms with Crippen molar-refractivity contribution in [3.05, 3.63) is 54.2 Å². The third kappa shape index (κ3) is 3.22. The number of hydrogen-bond donors (Lipinski definition) is 1. The zero-order chi connectivity index (χ0) is 14.5. The first-order valence-corrected chi connectivity index (χ1v) is 6.71. The number of para-hydroxylation sites is 2. The van der Waals surface area contributed by atoms with Crippen LogP contribution in [0.25, 0.3) is 11.0 Å². The molecule has 0 aliphatic heterocycles. The number of amides is 1. The van der Waals surface area contributed by atoms with E-state index < -0.39 is 0 Å². The molecule has 0 aliphatic carbocycles. The summed E-state index contributed by atoms with van der Waals surface area (Å²) in [6.07, 6.45) is 6.41. The number of nitrogens with one attached hydrogen (secondary N) is 1. The van der Waals surface area contributed by atoms with E-state index in [1.54, 1.807) is 12.5 Å². The summed E-state index contributed by atoms with van der Waals surface area (Å²) in [5.74, 6) is -0.210. The van der Waals surface area contributed by atoms with Crippen LogP contribution in [-0.4, -0.2) is 27.6 Å². The van der Waals surface area contributed by atoms with Gasteiger partial charge in [0, 0.05) is 12.1 Å². The molecule has 0 saturated carbocycles. The molecule has 3 rings (SSSR count). The van der Waals surface area contributed by atoms with Crippen LogP contribution in [0.4, 0.5) is 0 Å². The molecule has 0 aliphatic rings. The van der Waals surface area contributed by atoms with E-state index >= 15 is 0 Å². The molecule has 106 valence electrons. The van der Waals surface area contributed by atoms with Gasteiger partial charge in [0.05, 0.1) is 23.4 Å². The van der Waals surface area contributed by atoms with Crippen molar-refractivity contribution < 1.29 is 9.32 Å². The monoisotopic (exact) mass is 282 g/mol. The van der Waals surface area contributed by atoms with Gasteiger partial charge in [0.15, 0.2) is 0 Å². The number of carbonyl (C=O) groups excluding carboxylic acids is 1. The van der Waals surface area contributed by atoms with Gasteiger partial charge in [-0.3, -0.25) is 9.78 Å². The van der Waals surface area contributed by atoms with Crippen molar-refractivity contribution in [1.29, 1.82) is 0 Å². The highest BCUT2D eigenvalue weighted by atomic mass is 16.5. The van der Waals surface area contributed by atoms with Crippen LogP contribution < -0.4 is 5.32 Å². The van der Waals surface area contributed by atoms with Gasteiger partial charge in [-0.25, -0.2) is 4.98 Å². The van der Waals surface area contributed by atoms with Crippen molar-refractivity contribution in [3.63, 3.8) is 0 Å². The molecule has 1 aromatic carbocycles. The van der Waals surface area contributed by atoms with Crippen molar-refractivity contribution >= 4 is 16.9 Å². The lowest BCUT2D eigenvalue weighted by atomic mass is 10.2. The number of rotatable bonds is 5. The molecule has 0 bridgehead atoms. The van der Waals surface area contributed by atoms with Gasteiger partial charge in [0.25, 0.3) is 5.91 Å². The maximum Gasteiger partial charge on any atom is 0.271 e. The van der Waals surface area contributed by atoms with E-state index in [0.29, 0.717) is 12.2 Å². The van der Waals surface area contributed by atoms with Gasteiger partial charge in [-0.15, -0.1) is 0 Å². The smallest absolute Gasteiger partial charge is 0.271 e. The largest absolute Gasteiger partial charge is 0.364 e. The van der Waals surface area contributed by atoms with Gasteiger partial charge in [-0.05, 0) is 25.0 Å². The Kier molecular flexibility index (Phi) is 3.86. The SMILES string of the molecule is O=C(NCCCc1cnoc1)c1cnc2ccccc2n1. The average molecular weight is 282 g/mol. The number of benzene rings is 1. The summed E-state index contributed by atoms with van der Waals surface area (Å²) in [4.78, 5) is 20.5. The molecular weight excluding hydrogens is 268 g/mol. The van der Waals surface area contributed by atoms with Crippen LogP contribution >= 0.6 is 0 Å². The lowest BCUT2D eigenvalue weighted by Crippen LogP contribution is -2.25. The molecule has 1 N–H and O–H groups in total. The Balaban J connectivity index is 1.56. The second kappa shape index (κ2) is 6.13. The van der Waals surface area contributed by atoms with Crippen LogP contribution in [0.2, 0.25) is 0 Å². The maximum atomic E-state index is 12.0. The first-order chi connectivity index (χ1) is 10.3. The molecule has 6 nitrogen and oxygen atoms in total. The molecule has 0 unspecified atom stereocenters. The zero-order valence-corrected chi connectivity index (χ0v) is 11.3. The molecule has 6 heteroatoms. The van der Waals surface area contributed by atoms with E-state index in [1.807, 2.05) is 24.3 Å². The van der Waals surface area contributed by atoms with Gasteiger partial charge >= 0.3 is 0 Å². The summed E-state index contributed by atoms with van der Waals surface area (Å²) in [7, 11) is 0. The van der Waals surface area contributed by atoms with E-state index in [4.69, 9.17) is 4.52 Å². The molecule has 3 aromatic rings. The minimum atomic E-state index is -0.210. The van der Waals surface area contributed by atoms with Crippen molar-refractivity contribution in [1.82, 2.24) is 20.4 Å². The summed E-state index contributed by atoms with van der Waals surface area (Å²) in [5, 5.41) is 6.47. The molecule has 0 spiro atoms. The van der Waals surface area contributed by atoms with Crippen LogP contribution in [0, 0.1) is 0 Å². The standard InChI is InChI=1S/C15H14N4O2/c20-15(16-7-3-4-11-8-18-21-10-11)14-9-17-12-5-1-2-6-13(12)19-14/h1-2,5-6,8-10H,3-4,7H2,(H,16,20). The first kappa shape index (κ1) is 13.2. The van der Waals surface area contributed by atoms with Gasteiger partial charge < -0.3 is 9.84 Å². The summed E-state index contributed by atoms with van der Waals surface area (Å²) in [5.41, 5.74) is 2.85. The summed E-state index contributed by atoms with van der Waals surface area (Å²) in [6, 6.07) is 7.47. The summed E-state index contributed by atoms with van der Waals surface area (Å²) >= 11 is 0. The minimum absolute atomic E-state index is 0.210. The Hall–Kier alpha value is -2.76. The number of aryl methyl sites for hydroxylation is 1. The molecule has 2 aromatic heterocycles. The lowest BCUT2D eigenvalue weighted by Gasteiger charge is -2.04. The van der Waals surface area contributed by atoms with E-state index in [0.717, 1.165) is 29.4 Å². The minimum Gasteiger partial charge on any atom is -0.364 e. The van der Waals surface area contributed by atoms with E-state index in [9.17, 15) is 4.79 Å². The number of fused-ring (bicyclic) bond motifs is 1. The van der Waals surface area contributed by atoms with Crippen LogP contribution in [0.1, 0.15) is 22.5 Å². The molecule has 0 saturated heterocycles. The fourth-order valence-electron chi connectivity index (χ4n) is 2.00. The Morgan fingerprint density at radius 2 is 2.05 bits per heavy atom. The zero-order valence-electron chi connectivity index (χ0n) is 11.3. The van der Waals surface area contributed by atoms with Crippen molar-refractivity contribution in [2.24, 2.45) is 0 Å². The molecular formula is C15H14N4O2. The number of aromatic nitrogens is 3. The third-order valence-electron chi connectivity index (χ3n) is 3.09. The Bertz CT molecular complexity index is 740. The quantitative estimate of drug-likeness (QED) is 0.724. The molecule has 21 heavy (non-hydrogen) atoms. The first-order valence-electron chi connectivity index (χ1n) is 6.71. The molecule has 0 atom stereocenters. The highest BCUT2D eigenvalue weighted by Crippen LogP contribution is 2.08. The predicted octanol–water partition coefficient (Wildman–Crippen LogP) is 1.98. The topological polar surface area (TPSA) is 80.9 Å². The van der Waals surface area contributed by atoms with Crippen LogP contribution in [0.5, 0.6) is 0 Å². The lowest BCUT2D eigenvalue weighted by molar-refractivity contribution is 0.0948. The van der Waals surface area contributed by atoms with Crippen LogP contribution in [0.3, 0.4) is 0 Å². The number of carbonyl (C=O) groups is 1. The number of hydrogen-bond acceptors (Lipinski definition) is 5. The molecule has 1 amide bonds. The highest BCUT2D eigenvalue weighted by molar-refractivity contribution is 5.93. The molecule has 0 fully saturated rings. The summed E-state index contributed by atoms with van der Waals surface area (Å²) in [6.45, 7) is 0.568. The van der Waals surface area contributed by atoms with Gasteiger partial charge in [-0.1, -0.05) is 17.3 Å². The molecule has 0 radical (unpaired) electrons. The second-order valence-corrected chi connectivity index (χ2v) is 4.64. The Labute approximate surface area is 121 Å². The normalized spacial score (nSPS) is 10.7. The van der Waals surface area contributed by atoms with Gasteiger partial charge in [-0.2, -0.15) is 0 Å². The average Bonchev–Trinajstić information content (AvgIpc) is 3.04. The Morgan fingerprint density at radius 3 is 2.86 bits per heavy atom. The van der Waals surface area contributed by atoms with Crippen molar-refractivity contribution in [2.75, 3.05) is 6.54 Å². The van der Waals surface area contributed by atoms with Crippen molar-refractivity contribution in [2.45, 2.75) is 12.8 Å². The maximum absolute atomic E-state index is 12.0. The van der Waals surface area contributed by atoms with Gasteiger partial charge in [0.2, 0.25) is 0 Å². The third-order valence-corrected chi connectivity index (χ3v) is 3.09. The fourth-order valence-corrected chi connectivity index (χ4v) is 2.00. The second-order valence-electron chi connectivity index (χ2n) is 4.64. The van der Waals surface area contributed by atoms with E-state index in [2.05, 4.69) is 20.4 Å². The van der Waals surface area contributed by atoms with Crippen molar-refractivity contribution in [3.8, 4) is 0 Å².